The maximum Gasteiger partial charge on any atom is 0.141 e. The Labute approximate surface area is 178 Å². The first-order chi connectivity index (χ1) is 14.6. The van der Waals surface area contributed by atoms with Crippen LogP contribution in [0.2, 0.25) is 0 Å². The summed E-state index contributed by atoms with van der Waals surface area (Å²) in [5.74, 6) is 0. The van der Waals surface area contributed by atoms with Crippen LogP contribution in [0.25, 0.3) is 49.3 Å². The van der Waals surface area contributed by atoms with E-state index in [-0.39, 0.29) is 0 Å². The van der Waals surface area contributed by atoms with E-state index in [0.29, 0.717) is 0 Å². The Kier molecular flexibility index (Phi) is 3.59. The summed E-state index contributed by atoms with van der Waals surface area (Å²) in [4.78, 5) is 3.61. The molecule has 1 N–H and O–H groups in total. The van der Waals surface area contributed by atoms with Gasteiger partial charge in [0.2, 0.25) is 0 Å². The lowest BCUT2D eigenvalue weighted by Gasteiger charge is -2.16. The third kappa shape index (κ3) is 2.14. The fourth-order valence-electron chi connectivity index (χ4n) is 5.22. The molecule has 30 heavy (non-hydrogen) atoms. The number of rotatable bonds is 1. The molecule has 0 atom stereocenters. The number of H-pyrrole nitrogens is 1. The molecule has 4 aromatic carbocycles. The van der Waals surface area contributed by atoms with Gasteiger partial charge < -0.3 is 9.55 Å². The van der Waals surface area contributed by atoms with E-state index in [1.54, 1.807) is 0 Å². The zero-order chi connectivity index (χ0) is 20.6. The third-order valence-corrected chi connectivity index (χ3v) is 7.04. The summed E-state index contributed by atoms with van der Waals surface area (Å²) in [5, 5.41) is 5.26. The molecule has 138 valence electrons. The highest BCUT2D eigenvalue weighted by Crippen LogP contribution is 2.35. The van der Waals surface area contributed by atoms with Gasteiger partial charge in [0, 0.05) is 38.1 Å². The van der Waals surface area contributed by atoms with Gasteiger partial charge in [0.25, 0.3) is 0 Å². The SMILES string of the molecule is Bc1c(B)c(B)c2c(c1B)c1ccccc1n2-c1cccc2[nH]c3ccccc3c12. The molecule has 0 aliphatic rings. The predicted octanol–water partition coefficient (Wildman–Crippen LogP) is -0.548. The van der Waals surface area contributed by atoms with Gasteiger partial charge in [-0.05, 0) is 24.3 Å². The normalized spacial score (nSPS) is 11.9. The molecule has 0 radical (unpaired) electrons. The van der Waals surface area contributed by atoms with Crippen molar-refractivity contribution in [2.45, 2.75) is 0 Å². The molecular formula is C24H20B4N2. The van der Waals surface area contributed by atoms with Gasteiger partial charge in [0.1, 0.15) is 31.4 Å². The monoisotopic (exact) mass is 380 g/mol. The largest absolute Gasteiger partial charge is 0.354 e. The molecule has 6 heteroatoms. The number of benzene rings is 4. The maximum atomic E-state index is 3.61. The molecule has 0 unspecified atom stereocenters. The van der Waals surface area contributed by atoms with Crippen molar-refractivity contribution in [3.8, 4) is 5.69 Å². The third-order valence-electron chi connectivity index (χ3n) is 7.04. The van der Waals surface area contributed by atoms with Gasteiger partial charge in [-0.3, -0.25) is 0 Å². The van der Waals surface area contributed by atoms with Crippen molar-refractivity contribution in [1.82, 2.24) is 9.55 Å². The molecule has 0 fully saturated rings. The minimum atomic E-state index is 1.18. The van der Waals surface area contributed by atoms with Crippen LogP contribution >= 0.6 is 0 Å². The van der Waals surface area contributed by atoms with Gasteiger partial charge in [0.05, 0.1) is 11.2 Å². The smallest absolute Gasteiger partial charge is 0.141 e. The number of aromatic nitrogens is 2. The topological polar surface area (TPSA) is 20.7 Å². The second-order valence-electron chi connectivity index (χ2n) is 8.45. The number of hydrogen-bond donors (Lipinski definition) is 1. The standard InChI is InChI=1S/C24H20B4N2/c25-20-19-13-7-2-4-10-16(13)30(24(19)23(28)22(27)21(20)26)17-11-5-9-15-18(17)12-6-1-3-8-14(12)29-15/h1-11,29H,25-28H2. The van der Waals surface area contributed by atoms with Crippen LogP contribution in [-0.4, -0.2) is 40.9 Å². The molecule has 0 spiro atoms. The van der Waals surface area contributed by atoms with Gasteiger partial charge in [-0.1, -0.05) is 58.9 Å². The lowest BCUT2D eigenvalue weighted by Crippen LogP contribution is -2.48. The summed E-state index contributed by atoms with van der Waals surface area (Å²) in [5.41, 5.74) is 11.7. The Morgan fingerprint density at radius 3 is 2.07 bits per heavy atom. The average Bonchev–Trinajstić information content (AvgIpc) is 3.32. The van der Waals surface area contributed by atoms with Crippen molar-refractivity contribution in [2.75, 3.05) is 0 Å². The van der Waals surface area contributed by atoms with E-state index in [9.17, 15) is 0 Å². The van der Waals surface area contributed by atoms with Crippen molar-refractivity contribution < 1.29 is 0 Å². The first-order valence-corrected chi connectivity index (χ1v) is 10.6. The number of para-hydroxylation sites is 2. The number of nitrogens with zero attached hydrogens (tertiary/aromatic N) is 1. The summed E-state index contributed by atoms with van der Waals surface area (Å²) in [7, 11) is 9.05. The first kappa shape index (κ1) is 17.6. The minimum absolute atomic E-state index is 1.18. The van der Waals surface area contributed by atoms with Crippen molar-refractivity contribution in [3.05, 3.63) is 66.7 Å². The Morgan fingerprint density at radius 2 is 1.23 bits per heavy atom. The highest BCUT2D eigenvalue weighted by molar-refractivity contribution is 6.67. The Hall–Kier alpha value is -3.26. The van der Waals surface area contributed by atoms with Crippen LogP contribution in [0, 0.1) is 0 Å². The van der Waals surface area contributed by atoms with Gasteiger partial charge >= 0.3 is 0 Å². The van der Waals surface area contributed by atoms with Crippen LogP contribution in [0.1, 0.15) is 0 Å². The second kappa shape index (κ2) is 6.12. The Balaban J connectivity index is 1.91. The van der Waals surface area contributed by atoms with Crippen LogP contribution in [0.4, 0.5) is 0 Å². The van der Waals surface area contributed by atoms with Crippen LogP contribution in [-0.2, 0) is 0 Å². The Bertz CT molecular complexity index is 1640. The van der Waals surface area contributed by atoms with Crippen molar-refractivity contribution >= 4 is 96.8 Å². The second-order valence-corrected chi connectivity index (χ2v) is 8.45. The molecule has 2 aromatic heterocycles. The van der Waals surface area contributed by atoms with Gasteiger partial charge in [-0.25, -0.2) is 0 Å². The van der Waals surface area contributed by atoms with E-state index in [0.717, 1.165) is 0 Å². The van der Waals surface area contributed by atoms with E-state index >= 15 is 0 Å². The van der Waals surface area contributed by atoms with E-state index in [4.69, 9.17) is 0 Å². The zero-order valence-corrected chi connectivity index (χ0v) is 17.8. The molecule has 0 aliphatic carbocycles. The fourth-order valence-corrected chi connectivity index (χ4v) is 5.22. The summed E-state index contributed by atoms with van der Waals surface area (Å²) in [6.45, 7) is 0. The van der Waals surface area contributed by atoms with Crippen LogP contribution in [0.3, 0.4) is 0 Å². The van der Waals surface area contributed by atoms with Gasteiger partial charge in [-0.15, -0.1) is 5.46 Å². The summed E-state index contributed by atoms with van der Waals surface area (Å²) >= 11 is 0. The average molecular weight is 380 g/mol. The molecule has 6 rings (SSSR count). The highest BCUT2D eigenvalue weighted by Gasteiger charge is 2.20. The van der Waals surface area contributed by atoms with Crippen LogP contribution in [0.5, 0.6) is 0 Å². The number of hydrogen-bond acceptors (Lipinski definition) is 0. The summed E-state index contributed by atoms with van der Waals surface area (Å²) in [6.07, 6.45) is 0. The number of fused-ring (bicyclic) bond motifs is 6. The zero-order valence-electron chi connectivity index (χ0n) is 17.8. The summed E-state index contributed by atoms with van der Waals surface area (Å²) in [6, 6.07) is 24.0. The van der Waals surface area contributed by atoms with Crippen molar-refractivity contribution in [3.63, 3.8) is 0 Å². The number of aromatic amines is 1. The molecule has 0 saturated carbocycles. The lowest BCUT2D eigenvalue weighted by atomic mass is 9.65. The minimum Gasteiger partial charge on any atom is -0.354 e. The van der Waals surface area contributed by atoms with Crippen LogP contribution < -0.4 is 21.9 Å². The molecule has 2 heterocycles. The predicted molar refractivity (Wildman–Crippen MR) is 143 cm³/mol. The summed E-state index contributed by atoms with van der Waals surface area (Å²) < 4.78 is 2.49. The molecule has 0 aliphatic heterocycles. The molecule has 0 saturated heterocycles. The van der Waals surface area contributed by atoms with Gasteiger partial charge in [0.15, 0.2) is 0 Å². The van der Waals surface area contributed by atoms with Gasteiger partial charge in [-0.2, -0.15) is 0 Å². The van der Waals surface area contributed by atoms with E-state index in [1.165, 1.54) is 71.2 Å². The first-order valence-electron chi connectivity index (χ1n) is 10.6. The molecule has 2 nitrogen and oxygen atoms in total. The molecule has 0 bridgehead atoms. The quantitative estimate of drug-likeness (QED) is 0.370. The van der Waals surface area contributed by atoms with Crippen molar-refractivity contribution in [2.24, 2.45) is 0 Å². The van der Waals surface area contributed by atoms with E-state index in [2.05, 4.69) is 108 Å². The van der Waals surface area contributed by atoms with E-state index < -0.39 is 0 Å². The van der Waals surface area contributed by atoms with Crippen molar-refractivity contribution in [1.29, 1.82) is 0 Å². The molecule has 6 aromatic rings. The molecule has 0 amide bonds. The van der Waals surface area contributed by atoms with E-state index in [1.807, 2.05) is 0 Å². The fraction of sp³-hybridized carbons (Fsp3) is 0. The van der Waals surface area contributed by atoms with Crippen LogP contribution in [0.15, 0.2) is 66.7 Å². The molecular weight excluding hydrogens is 360 g/mol. The number of nitrogens with one attached hydrogen (secondary N) is 1. The maximum absolute atomic E-state index is 3.61. The lowest BCUT2D eigenvalue weighted by molar-refractivity contribution is 1.21. The Morgan fingerprint density at radius 1 is 0.567 bits per heavy atom. The highest BCUT2D eigenvalue weighted by atomic mass is 15.0.